The third-order valence-electron chi connectivity index (χ3n) is 3.63. The zero-order valence-electron chi connectivity index (χ0n) is 12.7. The van der Waals surface area contributed by atoms with Gasteiger partial charge in [0.25, 0.3) is 0 Å². The standard InChI is InChI=1S/C19H16Cl2N2/c1-14-22-19(21)13-23(14)12-17-10-9-16(11-18(17)20)8-7-15-5-3-2-4-6-15/h2-11,13H,12H2,1H3/b8-7+. The lowest BCUT2D eigenvalue weighted by Gasteiger charge is -2.08. The molecule has 4 heteroatoms. The number of hydrogen-bond acceptors (Lipinski definition) is 1. The third-order valence-corrected chi connectivity index (χ3v) is 4.17. The minimum atomic E-state index is 0.501. The molecule has 23 heavy (non-hydrogen) atoms. The van der Waals surface area contributed by atoms with Crippen molar-refractivity contribution in [2.24, 2.45) is 0 Å². The van der Waals surface area contributed by atoms with Gasteiger partial charge in [-0.3, -0.25) is 0 Å². The Labute approximate surface area is 146 Å². The first-order chi connectivity index (χ1) is 11.1. The van der Waals surface area contributed by atoms with Crippen molar-refractivity contribution in [2.75, 3.05) is 0 Å². The van der Waals surface area contributed by atoms with E-state index in [2.05, 4.69) is 35.3 Å². The predicted octanol–water partition coefficient (Wildman–Crippen LogP) is 5.72. The van der Waals surface area contributed by atoms with Gasteiger partial charge in [0.1, 0.15) is 11.0 Å². The van der Waals surface area contributed by atoms with Crippen molar-refractivity contribution in [2.45, 2.75) is 13.5 Å². The maximum atomic E-state index is 6.42. The van der Waals surface area contributed by atoms with Crippen LogP contribution in [-0.2, 0) is 6.54 Å². The van der Waals surface area contributed by atoms with E-state index in [0.29, 0.717) is 11.7 Å². The first-order valence-electron chi connectivity index (χ1n) is 7.32. The average molecular weight is 343 g/mol. The minimum absolute atomic E-state index is 0.501. The molecule has 0 atom stereocenters. The largest absolute Gasteiger partial charge is 0.329 e. The molecule has 3 aromatic rings. The van der Waals surface area contributed by atoms with Gasteiger partial charge in [-0.2, -0.15) is 0 Å². The molecule has 1 heterocycles. The smallest absolute Gasteiger partial charge is 0.147 e. The molecule has 2 nitrogen and oxygen atoms in total. The lowest BCUT2D eigenvalue weighted by atomic mass is 10.1. The van der Waals surface area contributed by atoms with E-state index < -0.39 is 0 Å². The first-order valence-corrected chi connectivity index (χ1v) is 8.08. The fraction of sp³-hybridized carbons (Fsp3) is 0.105. The molecular formula is C19H16Cl2N2. The normalized spacial score (nSPS) is 11.3. The van der Waals surface area contributed by atoms with Crippen LogP contribution in [0, 0.1) is 6.92 Å². The Kier molecular flexibility index (Phi) is 4.85. The Morgan fingerprint density at radius 1 is 1.00 bits per heavy atom. The van der Waals surface area contributed by atoms with Gasteiger partial charge in [-0.1, -0.05) is 77.8 Å². The molecule has 0 aliphatic rings. The molecule has 0 saturated heterocycles. The number of rotatable bonds is 4. The van der Waals surface area contributed by atoms with Gasteiger partial charge < -0.3 is 4.57 Å². The van der Waals surface area contributed by atoms with Crippen molar-refractivity contribution >= 4 is 35.4 Å². The topological polar surface area (TPSA) is 17.8 Å². The predicted molar refractivity (Wildman–Crippen MR) is 97.9 cm³/mol. The lowest BCUT2D eigenvalue weighted by molar-refractivity contribution is 0.762. The summed E-state index contributed by atoms with van der Waals surface area (Å²) in [7, 11) is 0. The van der Waals surface area contributed by atoms with Crippen LogP contribution < -0.4 is 0 Å². The van der Waals surface area contributed by atoms with Crippen LogP contribution >= 0.6 is 23.2 Å². The van der Waals surface area contributed by atoms with E-state index in [0.717, 1.165) is 27.5 Å². The molecule has 0 saturated carbocycles. The van der Waals surface area contributed by atoms with Crippen LogP contribution in [0.25, 0.3) is 12.2 Å². The Morgan fingerprint density at radius 2 is 1.74 bits per heavy atom. The number of nitrogens with zero attached hydrogens (tertiary/aromatic N) is 2. The van der Waals surface area contributed by atoms with Crippen molar-refractivity contribution in [1.82, 2.24) is 9.55 Å². The zero-order chi connectivity index (χ0) is 16.2. The fourth-order valence-corrected chi connectivity index (χ4v) is 2.85. The summed E-state index contributed by atoms with van der Waals surface area (Å²) in [6, 6.07) is 16.3. The number of halogens is 2. The second-order valence-electron chi connectivity index (χ2n) is 5.33. The molecule has 0 N–H and O–H groups in total. The lowest BCUT2D eigenvalue weighted by Crippen LogP contribution is -2.01. The van der Waals surface area contributed by atoms with Crippen molar-refractivity contribution in [1.29, 1.82) is 0 Å². The number of hydrogen-bond donors (Lipinski definition) is 0. The quantitative estimate of drug-likeness (QED) is 0.554. The molecule has 0 amide bonds. The van der Waals surface area contributed by atoms with Crippen molar-refractivity contribution in [3.8, 4) is 0 Å². The Morgan fingerprint density at radius 3 is 2.39 bits per heavy atom. The molecule has 0 spiro atoms. The monoisotopic (exact) mass is 342 g/mol. The average Bonchev–Trinajstić information content (AvgIpc) is 2.86. The molecule has 1 aromatic heterocycles. The van der Waals surface area contributed by atoms with Gasteiger partial charge in [-0.15, -0.1) is 0 Å². The van der Waals surface area contributed by atoms with Crippen LogP contribution in [-0.4, -0.2) is 9.55 Å². The molecule has 0 unspecified atom stereocenters. The molecule has 0 bridgehead atoms. The van der Waals surface area contributed by atoms with Gasteiger partial charge in [-0.25, -0.2) is 4.98 Å². The Hall–Kier alpha value is -2.03. The Bertz CT molecular complexity index is 836. The van der Waals surface area contributed by atoms with E-state index in [1.165, 1.54) is 0 Å². The summed E-state index contributed by atoms with van der Waals surface area (Å²) in [6.45, 7) is 2.59. The summed E-state index contributed by atoms with van der Waals surface area (Å²) in [5, 5.41) is 1.24. The van der Waals surface area contributed by atoms with E-state index in [1.54, 1.807) is 0 Å². The zero-order valence-corrected chi connectivity index (χ0v) is 14.2. The van der Waals surface area contributed by atoms with Crippen molar-refractivity contribution in [3.05, 3.63) is 87.4 Å². The third kappa shape index (κ3) is 4.04. The highest BCUT2D eigenvalue weighted by molar-refractivity contribution is 6.31. The molecular weight excluding hydrogens is 327 g/mol. The summed E-state index contributed by atoms with van der Waals surface area (Å²) in [6.07, 6.45) is 5.95. The van der Waals surface area contributed by atoms with E-state index in [1.807, 2.05) is 48.0 Å². The van der Waals surface area contributed by atoms with Crippen molar-refractivity contribution in [3.63, 3.8) is 0 Å². The van der Waals surface area contributed by atoms with Gasteiger partial charge in [-0.05, 0) is 29.7 Å². The Balaban J connectivity index is 1.78. The summed E-state index contributed by atoms with van der Waals surface area (Å²) in [5.41, 5.74) is 3.28. The summed E-state index contributed by atoms with van der Waals surface area (Å²) >= 11 is 12.3. The molecule has 0 fully saturated rings. The van der Waals surface area contributed by atoms with E-state index in [9.17, 15) is 0 Å². The van der Waals surface area contributed by atoms with Crippen LogP contribution in [0.15, 0.2) is 54.7 Å². The molecule has 3 rings (SSSR count). The summed E-state index contributed by atoms with van der Waals surface area (Å²) in [4.78, 5) is 4.19. The van der Waals surface area contributed by atoms with Crippen LogP contribution in [0.1, 0.15) is 22.5 Å². The van der Waals surface area contributed by atoms with Crippen LogP contribution in [0.5, 0.6) is 0 Å². The summed E-state index contributed by atoms with van der Waals surface area (Å²) in [5.74, 6) is 0.874. The van der Waals surface area contributed by atoms with Crippen LogP contribution in [0.4, 0.5) is 0 Å². The van der Waals surface area contributed by atoms with Gasteiger partial charge in [0, 0.05) is 11.2 Å². The maximum Gasteiger partial charge on any atom is 0.147 e. The molecule has 116 valence electrons. The molecule has 2 aromatic carbocycles. The molecule has 0 aliphatic heterocycles. The van der Waals surface area contributed by atoms with E-state index >= 15 is 0 Å². The van der Waals surface area contributed by atoms with Gasteiger partial charge in [0.15, 0.2) is 0 Å². The highest BCUT2D eigenvalue weighted by Crippen LogP contribution is 2.21. The summed E-state index contributed by atoms with van der Waals surface area (Å²) < 4.78 is 1.99. The van der Waals surface area contributed by atoms with Gasteiger partial charge >= 0.3 is 0 Å². The van der Waals surface area contributed by atoms with Crippen molar-refractivity contribution < 1.29 is 0 Å². The second kappa shape index (κ2) is 7.03. The second-order valence-corrected chi connectivity index (χ2v) is 6.13. The SMILES string of the molecule is Cc1nc(Cl)cn1Cc1ccc(/C=C/c2ccccc2)cc1Cl. The number of aromatic nitrogens is 2. The number of benzene rings is 2. The first kappa shape index (κ1) is 15.9. The highest BCUT2D eigenvalue weighted by Gasteiger charge is 2.06. The van der Waals surface area contributed by atoms with Crippen LogP contribution in [0.2, 0.25) is 10.2 Å². The van der Waals surface area contributed by atoms with Crippen LogP contribution in [0.3, 0.4) is 0 Å². The minimum Gasteiger partial charge on any atom is -0.329 e. The highest BCUT2D eigenvalue weighted by atomic mass is 35.5. The molecule has 0 radical (unpaired) electrons. The van der Waals surface area contributed by atoms with Gasteiger partial charge in [0.2, 0.25) is 0 Å². The maximum absolute atomic E-state index is 6.42. The van der Waals surface area contributed by atoms with E-state index in [-0.39, 0.29) is 0 Å². The molecule has 0 aliphatic carbocycles. The number of aryl methyl sites for hydroxylation is 1. The fourth-order valence-electron chi connectivity index (χ4n) is 2.37. The van der Waals surface area contributed by atoms with Gasteiger partial charge in [0.05, 0.1) is 6.54 Å². The van der Waals surface area contributed by atoms with E-state index in [4.69, 9.17) is 23.2 Å². The number of imidazole rings is 1.